The van der Waals surface area contributed by atoms with Gasteiger partial charge in [-0.25, -0.2) is 4.99 Å². The Balaban J connectivity index is 2.05. The number of hydrogen-bond donors (Lipinski definition) is 0. The molecule has 3 heteroatoms. The Kier molecular flexibility index (Phi) is 3.18. The van der Waals surface area contributed by atoms with Crippen LogP contribution in [-0.2, 0) is 4.74 Å². The molecule has 90 valence electrons. The highest BCUT2D eigenvalue weighted by Gasteiger charge is 2.24. The normalized spacial score (nSPS) is 17.9. The highest BCUT2D eigenvalue weighted by atomic mass is 16.5. The van der Waals surface area contributed by atoms with Crippen LogP contribution in [0, 0.1) is 0 Å². The van der Waals surface area contributed by atoms with Crippen LogP contribution in [0.1, 0.15) is 19.4 Å². The van der Waals surface area contributed by atoms with E-state index in [-0.39, 0.29) is 5.54 Å². The molecule has 0 unspecified atom stereocenters. The molecule has 1 heterocycles. The fourth-order valence-corrected chi connectivity index (χ4v) is 1.58. The highest BCUT2D eigenvalue weighted by molar-refractivity contribution is 5.93. The Morgan fingerprint density at radius 1 is 1.24 bits per heavy atom. The molecule has 17 heavy (non-hydrogen) atoms. The molecule has 1 aromatic carbocycles. The molecule has 0 fully saturated rings. The zero-order valence-electron chi connectivity index (χ0n) is 10.4. The third-order valence-electron chi connectivity index (χ3n) is 2.52. The molecule has 0 saturated carbocycles. The van der Waals surface area contributed by atoms with Gasteiger partial charge in [0.1, 0.15) is 12.4 Å². The van der Waals surface area contributed by atoms with Crippen LogP contribution in [0.15, 0.2) is 35.3 Å². The van der Waals surface area contributed by atoms with Crippen molar-refractivity contribution >= 4 is 12.0 Å². The van der Waals surface area contributed by atoms with Crippen molar-refractivity contribution in [2.75, 3.05) is 13.7 Å². The van der Waals surface area contributed by atoms with Gasteiger partial charge in [-0.1, -0.05) is 12.1 Å². The average molecular weight is 231 g/mol. The van der Waals surface area contributed by atoms with E-state index in [1.165, 1.54) is 0 Å². The molecule has 2 rings (SSSR count). The van der Waals surface area contributed by atoms with E-state index in [2.05, 4.69) is 18.8 Å². The highest BCUT2D eigenvalue weighted by Crippen LogP contribution is 2.18. The minimum absolute atomic E-state index is 0.0976. The Morgan fingerprint density at radius 2 is 1.94 bits per heavy atom. The van der Waals surface area contributed by atoms with Crippen LogP contribution in [-0.4, -0.2) is 25.2 Å². The summed E-state index contributed by atoms with van der Waals surface area (Å²) in [6.07, 6.45) is 3.89. The monoisotopic (exact) mass is 231 g/mol. The summed E-state index contributed by atoms with van der Waals surface area (Å²) in [5.41, 5.74) is 1.00. The van der Waals surface area contributed by atoms with Gasteiger partial charge in [-0.2, -0.15) is 0 Å². The molecule has 0 amide bonds. The van der Waals surface area contributed by atoms with E-state index >= 15 is 0 Å². The first-order valence-corrected chi connectivity index (χ1v) is 5.64. The first-order valence-electron chi connectivity index (χ1n) is 5.64. The third-order valence-corrected chi connectivity index (χ3v) is 2.52. The number of aliphatic imine (C=N–C) groups is 1. The van der Waals surface area contributed by atoms with Crippen molar-refractivity contribution < 1.29 is 9.47 Å². The summed E-state index contributed by atoms with van der Waals surface area (Å²) in [6.45, 7) is 4.76. The number of rotatable bonds is 3. The van der Waals surface area contributed by atoms with Gasteiger partial charge >= 0.3 is 0 Å². The van der Waals surface area contributed by atoms with Crippen LogP contribution in [0.3, 0.4) is 0 Å². The number of hydrogen-bond acceptors (Lipinski definition) is 3. The van der Waals surface area contributed by atoms with Gasteiger partial charge < -0.3 is 9.47 Å². The van der Waals surface area contributed by atoms with E-state index < -0.39 is 0 Å². The van der Waals surface area contributed by atoms with Gasteiger partial charge in [0.05, 0.1) is 12.6 Å². The topological polar surface area (TPSA) is 30.8 Å². The van der Waals surface area contributed by atoms with E-state index in [0.717, 1.165) is 11.3 Å². The van der Waals surface area contributed by atoms with Crippen molar-refractivity contribution in [3.63, 3.8) is 0 Å². The van der Waals surface area contributed by atoms with Gasteiger partial charge in [-0.3, -0.25) is 0 Å². The first kappa shape index (κ1) is 11.7. The molecule has 1 aliphatic rings. The lowest BCUT2D eigenvalue weighted by atomic mass is 10.1. The van der Waals surface area contributed by atoms with E-state index in [1.807, 2.05) is 36.4 Å². The zero-order valence-corrected chi connectivity index (χ0v) is 10.4. The Labute approximate surface area is 102 Å². The summed E-state index contributed by atoms with van der Waals surface area (Å²) in [6, 6.07) is 7.85. The molecule has 0 aliphatic carbocycles. The van der Waals surface area contributed by atoms with Crippen LogP contribution >= 0.6 is 0 Å². The number of ether oxygens (including phenoxy) is 2. The predicted molar refractivity (Wildman–Crippen MR) is 69.5 cm³/mol. The standard InChI is InChI=1S/C14H17NO2/c1-14(2)10-17-13(15-14)9-6-11-4-7-12(16-3)8-5-11/h4-9H,10H2,1-3H3/b9-6-. The van der Waals surface area contributed by atoms with Gasteiger partial charge in [0, 0.05) is 6.08 Å². The molecule has 3 nitrogen and oxygen atoms in total. The quantitative estimate of drug-likeness (QED) is 0.800. The molecule has 0 aromatic heterocycles. The summed E-state index contributed by atoms with van der Waals surface area (Å²) in [4.78, 5) is 4.45. The molecule has 0 radical (unpaired) electrons. The van der Waals surface area contributed by atoms with Gasteiger partial charge in [-0.05, 0) is 37.6 Å². The number of benzene rings is 1. The molecule has 0 bridgehead atoms. The maximum absolute atomic E-state index is 5.47. The van der Waals surface area contributed by atoms with Crippen molar-refractivity contribution in [2.24, 2.45) is 4.99 Å². The molecule has 0 saturated heterocycles. The van der Waals surface area contributed by atoms with Crippen LogP contribution < -0.4 is 4.74 Å². The van der Waals surface area contributed by atoms with Crippen molar-refractivity contribution in [1.82, 2.24) is 0 Å². The Hall–Kier alpha value is -1.77. The predicted octanol–water partition coefficient (Wildman–Crippen LogP) is 2.92. The van der Waals surface area contributed by atoms with E-state index in [0.29, 0.717) is 12.5 Å². The Morgan fingerprint density at radius 3 is 2.47 bits per heavy atom. The maximum Gasteiger partial charge on any atom is 0.209 e. The third kappa shape index (κ3) is 3.09. The molecule has 0 N–H and O–H groups in total. The van der Waals surface area contributed by atoms with Crippen molar-refractivity contribution in [1.29, 1.82) is 0 Å². The van der Waals surface area contributed by atoms with Crippen LogP contribution in [0.5, 0.6) is 5.75 Å². The lowest BCUT2D eigenvalue weighted by Gasteiger charge is -2.07. The second-order valence-corrected chi connectivity index (χ2v) is 4.66. The van der Waals surface area contributed by atoms with Crippen molar-refractivity contribution in [3.8, 4) is 5.75 Å². The summed E-state index contributed by atoms with van der Waals surface area (Å²) in [7, 11) is 1.66. The molecular formula is C14H17NO2. The van der Waals surface area contributed by atoms with Crippen molar-refractivity contribution in [2.45, 2.75) is 19.4 Å². The second-order valence-electron chi connectivity index (χ2n) is 4.66. The number of nitrogens with zero attached hydrogens (tertiary/aromatic N) is 1. The van der Waals surface area contributed by atoms with Crippen molar-refractivity contribution in [3.05, 3.63) is 35.9 Å². The molecule has 0 spiro atoms. The molecule has 0 atom stereocenters. The van der Waals surface area contributed by atoms with E-state index in [9.17, 15) is 0 Å². The van der Waals surface area contributed by atoms with Crippen LogP contribution in [0.25, 0.3) is 6.08 Å². The minimum Gasteiger partial charge on any atom is -0.497 e. The summed E-state index contributed by atoms with van der Waals surface area (Å²) >= 11 is 0. The van der Waals surface area contributed by atoms with Gasteiger partial charge in [0.2, 0.25) is 5.90 Å². The SMILES string of the molecule is COc1ccc(/C=C\C2=NC(C)(C)CO2)cc1. The zero-order chi connectivity index (χ0) is 12.3. The largest absolute Gasteiger partial charge is 0.497 e. The smallest absolute Gasteiger partial charge is 0.209 e. The number of methoxy groups -OCH3 is 1. The van der Waals surface area contributed by atoms with Crippen LogP contribution in [0.2, 0.25) is 0 Å². The summed E-state index contributed by atoms with van der Waals surface area (Å²) < 4.78 is 10.6. The van der Waals surface area contributed by atoms with Gasteiger partial charge in [-0.15, -0.1) is 0 Å². The molecular weight excluding hydrogens is 214 g/mol. The molecule has 1 aromatic rings. The van der Waals surface area contributed by atoms with E-state index in [4.69, 9.17) is 9.47 Å². The Bertz CT molecular complexity index is 444. The summed E-state index contributed by atoms with van der Waals surface area (Å²) in [5.74, 6) is 1.56. The lowest BCUT2D eigenvalue weighted by Crippen LogP contribution is -2.17. The summed E-state index contributed by atoms with van der Waals surface area (Å²) in [5, 5.41) is 0. The van der Waals surface area contributed by atoms with Crippen LogP contribution in [0.4, 0.5) is 0 Å². The second kappa shape index (κ2) is 4.62. The minimum atomic E-state index is -0.0976. The maximum atomic E-state index is 5.47. The van der Waals surface area contributed by atoms with E-state index in [1.54, 1.807) is 7.11 Å². The molecule has 1 aliphatic heterocycles. The first-order chi connectivity index (χ1) is 8.09. The lowest BCUT2D eigenvalue weighted by molar-refractivity contribution is 0.280. The fraction of sp³-hybridized carbons (Fsp3) is 0.357. The average Bonchev–Trinajstić information content (AvgIpc) is 2.67. The van der Waals surface area contributed by atoms with Gasteiger partial charge in [0.25, 0.3) is 0 Å². The fourth-order valence-electron chi connectivity index (χ4n) is 1.58. The van der Waals surface area contributed by atoms with Gasteiger partial charge in [0.15, 0.2) is 0 Å².